The number of carbonyl (C=O) groups excluding carboxylic acids is 1. The van der Waals surface area contributed by atoms with Crippen LogP contribution in [-0.2, 0) is 11.3 Å². The molecule has 1 aromatic rings. The number of rotatable bonds is 2. The lowest BCUT2D eigenvalue weighted by Crippen LogP contribution is -2.39. The van der Waals surface area contributed by atoms with Crippen LogP contribution in [0, 0.1) is 11.8 Å². The van der Waals surface area contributed by atoms with Crippen molar-refractivity contribution in [2.75, 3.05) is 26.2 Å². The first kappa shape index (κ1) is 18.2. The molecule has 0 saturated carbocycles. The first-order valence-corrected chi connectivity index (χ1v) is 8.31. The zero-order valence-electron chi connectivity index (χ0n) is 12.6. The summed E-state index contributed by atoms with van der Waals surface area (Å²) in [6, 6.07) is 0. The van der Waals surface area contributed by atoms with Gasteiger partial charge in [-0.1, -0.05) is 0 Å². The molecule has 128 valence electrons. The van der Waals surface area contributed by atoms with Crippen LogP contribution in [0.4, 0.5) is 0 Å². The Balaban J connectivity index is 0.00000192. The van der Waals surface area contributed by atoms with E-state index >= 15 is 0 Å². The quantitative estimate of drug-likeness (QED) is 0.732. The van der Waals surface area contributed by atoms with E-state index in [1.54, 1.807) is 0 Å². The van der Waals surface area contributed by atoms with E-state index in [0.717, 1.165) is 39.0 Å². The molecule has 23 heavy (non-hydrogen) atoms. The van der Waals surface area contributed by atoms with Crippen LogP contribution in [-0.4, -0.2) is 46.5 Å². The van der Waals surface area contributed by atoms with Gasteiger partial charge in [-0.2, -0.15) is 0 Å². The molecule has 2 atom stereocenters. The van der Waals surface area contributed by atoms with Gasteiger partial charge in [0, 0.05) is 19.3 Å². The number of nitrogens with one attached hydrogen (secondary N) is 2. The third-order valence-electron chi connectivity index (χ3n) is 4.65. The Hall–Kier alpha value is -1.12. The minimum Gasteiger partial charge on any atom is -0.341 e. The maximum Gasteiger partial charge on any atom is 0.328 e. The predicted octanol–water partition coefficient (Wildman–Crippen LogP) is 0.179. The van der Waals surface area contributed by atoms with Crippen LogP contribution in [0.5, 0.6) is 0 Å². The zero-order chi connectivity index (χ0) is 15.7. The topological polar surface area (TPSA) is 87.2 Å². The molecule has 2 saturated heterocycles. The Morgan fingerprint density at radius 2 is 1.83 bits per heavy atom. The Morgan fingerprint density at radius 3 is 2.43 bits per heavy atom. The van der Waals surface area contributed by atoms with Crippen LogP contribution in [0.25, 0.3) is 0 Å². The Morgan fingerprint density at radius 1 is 1.22 bits per heavy atom. The second-order valence-corrected chi connectivity index (χ2v) is 6.86. The van der Waals surface area contributed by atoms with E-state index in [1.165, 1.54) is 10.8 Å². The second-order valence-electron chi connectivity index (χ2n) is 6.00. The summed E-state index contributed by atoms with van der Waals surface area (Å²) in [5, 5.41) is 3.41. The van der Waals surface area contributed by atoms with Crippen molar-refractivity contribution in [2.24, 2.45) is 11.8 Å². The van der Waals surface area contributed by atoms with Crippen LogP contribution in [0.1, 0.15) is 12.8 Å². The molecule has 0 aromatic carbocycles. The molecule has 0 aliphatic carbocycles. The summed E-state index contributed by atoms with van der Waals surface area (Å²) in [4.78, 5) is 39.5. The summed E-state index contributed by atoms with van der Waals surface area (Å²) < 4.78 is 1.48. The summed E-state index contributed by atoms with van der Waals surface area (Å²) in [5.74, 6) is 1.24. The number of nitrogens with zero attached hydrogens (tertiary/aromatic N) is 2. The van der Waals surface area contributed by atoms with Gasteiger partial charge in [-0.25, -0.2) is 4.79 Å². The van der Waals surface area contributed by atoms with Crippen LogP contribution >= 0.6 is 28.3 Å². The van der Waals surface area contributed by atoms with E-state index in [0.29, 0.717) is 11.8 Å². The molecule has 2 N–H and O–H groups in total. The molecule has 0 radical (unpaired) electrons. The molecule has 2 fully saturated rings. The number of aromatic nitrogens is 2. The number of fused-ring (bicyclic) bond motifs is 1. The van der Waals surface area contributed by atoms with Crippen molar-refractivity contribution in [1.82, 2.24) is 19.8 Å². The van der Waals surface area contributed by atoms with Gasteiger partial charge in [0.1, 0.15) is 6.54 Å². The average molecular weight is 408 g/mol. The van der Waals surface area contributed by atoms with Crippen molar-refractivity contribution in [1.29, 1.82) is 0 Å². The molecule has 3 rings (SSSR count). The molecule has 2 aliphatic heterocycles. The zero-order valence-corrected chi connectivity index (χ0v) is 15.0. The number of H-pyrrole nitrogens is 1. The molecule has 9 heteroatoms. The van der Waals surface area contributed by atoms with Gasteiger partial charge in [-0.3, -0.25) is 19.1 Å². The SMILES string of the molecule is Cl.O=C(Cn1cc(Br)c(=O)[nH]c1=O)N1CC[C@@H]2CNC[C@@H]2CC1. The predicted molar refractivity (Wildman–Crippen MR) is 91.9 cm³/mol. The van der Waals surface area contributed by atoms with Gasteiger partial charge in [0.05, 0.1) is 4.47 Å². The van der Waals surface area contributed by atoms with Crippen LogP contribution in [0.15, 0.2) is 20.3 Å². The van der Waals surface area contributed by atoms with Crippen molar-refractivity contribution >= 4 is 34.2 Å². The summed E-state index contributed by atoms with van der Waals surface area (Å²) >= 11 is 3.08. The molecule has 0 spiro atoms. The number of hydrogen-bond donors (Lipinski definition) is 2. The number of aromatic amines is 1. The highest BCUT2D eigenvalue weighted by molar-refractivity contribution is 9.10. The Kier molecular flexibility index (Phi) is 6.05. The van der Waals surface area contributed by atoms with Crippen molar-refractivity contribution < 1.29 is 4.79 Å². The molecule has 1 amide bonds. The molecule has 7 nitrogen and oxygen atoms in total. The highest BCUT2D eigenvalue weighted by Gasteiger charge is 2.31. The molecule has 2 aliphatic rings. The highest BCUT2D eigenvalue weighted by atomic mass is 79.9. The van der Waals surface area contributed by atoms with Gasteiger partial charge in [-0.05, 0) is 53.7 Å². The smallest absolute Gasteiger partial charge is 0.328 e. The summed E-state index contributed by atoms with van der Waals surface area (Å²) in [7, 11) is 0. The van der Waals surface area contributed by atoms with E-state index in [2.05, 4.69) is 26.2 Å². The van der Waals surface area contributed by atoms with Crippen LogP contribution < -0.4 is 16.6 Å². The lowest BCUT2D eigenvalue weighted by molar-refractivity contribution is -0.131. The minimum absolute atomic E-state index is 0. The fourth-order valence-electron chi connectivity index (χ4n) is 3.31. The first-order valence-electron chi connectivity index (χ1n) is 7.52. The molecule has 0 unspecified atom stereocenters. The molecule has 3 heterocycles. The van der Waals surface area contributed by atoms with Crippen molar-refractivity contribution in [2.45, 2.75) is 19.4 Å². The molecular formula is C14H20BrClN4O3. The van der Waals surface area contributed by atoms with E-state index in [9.17, 15) is 14.4 Å². The summed E-state index contributed by atoms with van der Waals surface area (Å²) in [5.41, 5.74) is -1.04. The number of amides is 1. The molecule has 1 aromatic heterocycles. The number of halogens is 2. The van der Waals surface area contributed by atoms with Gasteiger partial charge in [0.15, 0.2) is 0 Å². The number of likely N-dealkylation sites (tertiary alicyclic amines) is 1. The van der Waals surface area contributed by atoms with E-state index in [1.807, 2.05) is 4.90 Å². The standard InChI is InChI=1S/C14H19BrN4O3.ClH/c15-11-7-19(14(22)17-13(11)21)8-12(20)18-3-1-9-5-16-6-10(9)2-4-18;/h7,9-10,16H,1-6,8H2,(H,17,21,22);1H/t9-,10+;. The van der Waals surface area contributed by atoms with E-state index < -0.39 is 11.2 Å². The van der Waals surface area contributed by atoms with Gasteiger partial charge in [0.2, 0.25) is 5.91 Å². The third-order valence-corrected chi connectivity index (χ3v) is 5.21. The number of carbonyl (C=O) groups is 1. The Labute approximate surface area is 148 Å². The molecule has 0 bridgehead atoms. The second kappa shape index (κ2) is 7.63. The maximum atomic E-state index is 12.4. The maximum absolute atomic E-state index is 12.4. The van der Waals surface area contributed by atoms with E-state index in [-0.39, 0.29) is 29.3 Å². The van der Waals surface area contributed by atoms with Gasteiger partial charge >= 0.3 is 5.69 Å². The molecular weight excluding hydrogens is 388 g/mol. The number of hydrogen-bond acceptors (Lipinski definition) is 4. The van der Waals surface area contributed by atoms with Gasteiger partial charge < -0.3 is 10.2 Å². The normalized spacial score (nSPS) is 23.8. The summed E-state index contributed by atoms with van der Waals surface area (Å²) in [6.07, 6.45) is 3.39. The van der Waals surface area contributed by atoms with Gasteiger partial charge in [-0.15, -0.1) is 12.4 Å². The highest BCUT2D eigenvalue weighted by Crippen LogP contribution is 2.27. The average Bonchev–Trinajstić information content (AvgIpc) is 2.83. The summed E-state index contributed by atoms with van der Waals surface area (Å²) in [6.45, 7) is 3.52. The Bertz CT molecular complexity index is 675. The van der Waals surface area contributed by atoms with Crippen molar-refractivity contribution in [3.8, 4) is 0 Å². The third kappa shape index (κ3) is 4.05. The lowest BCUT2D eigenvalue weighted by atomic mass is 9.92. The largest absolute Gasteiger partial charge is 0.341 e. The lowest BCUT2D eigenvalue weighted by Gasteiger charge is -2.21. The van der Waals surface area contributed by atoms with E-state index in [4.69, 9.17) is 0 Å². The van der Waals surface area contributed by atoms with Crippen LogP contribution in [0.3, 0.4) is 0 Å². The monoisotopic (exact) mass is 406 g/mol. The fraction of sp³-hybridized carbons (Fsp3) is 0.643. The van der Waals surface area contributed by atoms with Gasteiger partial charge in [0.25, 0.3) is 5.56 Å². The van der Waals surface area contributed by atoms with Crippen molar-refractivity contribution in [3.05, 3.63) is 31.5 Å². The van der Waals surface area contributed by atoms with Crippen molar-refractivity contribution in [3.63, 3.8) is 0 Å². The van der Waals surface area contributed by atoms with Crippen LogP contribution in [0.2, 0.25) is 0 Å². The fourth-order valence-corrected chi connectivity index (χ4v) is 3.66. The minimum atomic E-state index is -0.558. The first-order chi connectivity index (χ1) is 10.5.